The molecule has 0 spiro atoms. The zero-order valence-corrected chi connectivity index (χ0v) is 47.9. The maximum atomic E-state index is 13.0. The zero-order valence-electron chi connectivity index (χ0n) is 47.0. The molecule has 0 heterocycles. The van der Waals surface area contributed by atoms with Crippen molar-refractivity contribution in [3.8, 4) is 0 Å². The number of unbranched alkanes of at least 4 members (excludes halogenated alkanes) is 36. The van der Waals surface area contributed by atoms with Gasteiger partial charge in [0.05, 0.1) is 39.9 Å². The summed E-state index contributed by atoms with van der Waals surface area (Å²) in [6.45, 7) is 4.82. The third-order valence-electron chi connectivity index (χ3n) is 13.5. The van der Waals surface area contributed by atoms with Gasteiger partial charge in [0.2, 0.25) is 5.91 Å². The molecule has 0 aromatic rings. The Morgan fingerprint density at radius 3 is 1.14 bits per heavy atom. The molecule has 0 bridgehead atoms. The molecular formula is C61H118N2O6P+. The van der Waals surface area contributed by atoms with E-state index in [0.717, 1.165) is 44.9 Å². The number of allylic oxidation sites excluding steroid dienone is 7. The zero-order chi connectivity index (χ0) is 51.3. The number of hydrogen-bond acceptors (Lipinski definition) is 5. The molecule has 8 nitrogen and oxygen atoms in total. The summed E-state index contributed by atoms with van der Waals surface area (Å²) in [6.07, 6.45) is 69.4. The highest BCUT2D eigenvalue weighted by Crippen LogP contribution is 2.43. The van der Waals surface area contributed by atoms with Gasteiger partial charge < -0.3 is 19.8 Å². The summed E-state index contributed by atoms with van der Waals surface area (Å²) in [5, 5.41) is 13.9. The van der Waals surface area contributed by atoms with Crippen molar-refractivity contribution in [2.45, 2.75) is 296 Å². The predicted octanol–water partition coefficient (Wildman–Crippen LogP) is 18.3. The van der Waals surface area contributed by atoms with E-state index in [2.05, 4.69) is 55.6 Å². The van der Waals surface area contributed by atoms with Gasteiger partial charge in [-0.05, 0) is 70.6 Å². The van der Waals surface area contributed by atoms with Crippen molar-refractivity contribution in [1.29, 1.82) is 0 Å². The average molecular weight is 1010 g/mol. The molecule has 0 aliphatic heterocycles. The normalized spacial score (nSPS) is 14.2. The van der Waals surface area contributed by atoms with Crippen LogP contribution in [0.3, 0.4) is 0 Å². The number of nitrogens with one attached hydrogen (secondary N) is 1. The van der Waals surface area contributed by atoms with Crippen LogP contribution in [0.25, 0.3) is 0 Å². The van der Waals surface area contributed by atoms with Gasteiger partial charge >= 0.3 is 7.82 Å². The van der Waals surface area contributed by atoms with Crippen LogP contribution in [-0.2, 0) is 18.4 Å². The number of phosphoric ester groups is 1. The Hall–Kier alpha value is -1.54. The number of quaternary nitrogens is 1. The third-order valence-corrected chi connectivity index (χ3v) is 14.5. The summed E-state index contributed by atoms with van der Waals surface area (Å²) in [5.74, 6) is -0.189. The molecule has 0 saturated carbocycles. The van der Waals surface area contributed by atoms with E-state index in [-0.39, 0.29) is 19.1 Å². The fourth-order valence-corrected chi connectivity index (χ4v) is 9.51. The Morgan fingerprint density at radius 1 is 0.471 bits per heavy atom. The largest absolute Gasteiger partial charge is 0.472 e. The first kappa shape index (κ1) is 68.5. The average Bonchev–Trinajstić information content (AvgIpc) is 3.32. The SMILES string of the molecule is CCCCCCCCCC/C=C\CCCCCCCCCCCCCC(=O)NC(COP(=O)(O)OCC[N+](C)(C)C)C(O)/C=C/CC/C=C/CC/C=C/CCCCCCCCCCCCCCCCC. The highest BCUT2D eigenvalue weighted by atomic mass is 31.2. The van der Waals surface area contributed by atoms with E-state index in [1.807, 2.05) is 27.2 Å². The molecule has 0 saturated heterocycles. The monoisotopic (exact) mass is 1010 g/mol. The first-order valence-corrected chi connectivity index (χ1v) is 31.5. The van der Waals surface area contributed by atoms with Crippen LogP contribution >= 0.6 is 7.82 Å². The molecule has 1 amide bonds. The minimum absolute atomic E-state index is 0.0532. The quantitative estimate of drug-likeness (QED) is 0.0243. The van der Waals surface area contributed by atoms with E-state index in [4.69, 9.17) is 9.05 Å². The number of phosphoric acid groups is 1. The van der Waals surface area contributed by atoms with Crippen molar-refractivity contribution in [2.75, 3.05) is 40.9 Å². The molecule has 3 atom stereocenters. The lowest BCUT2D eigenvalue weighted by Crippen LogP contribution is -2.45. The van der Waals surface area contributed by atoms with Crippen LogP contribution in [0.1, 0.15) is 284 Å². The Bertz CT molecular complexity index is 1280. The van der Waals surface area contributed by atoms with E-state index >= 15 is 0 Å². The number of rotatable bonds is 55. The molecule has 0 radical (unpaired) electrons. The molecule has 0 rings (SSSR count). The van der Waals surface area contributed by atoms with Crippen LogP contribution in [0.15, 0.2) is 48.6 Å². The second kappa shape index (κ2) is 52.3. The van der Waals surface area contributed by atoms with Gasteiger partial charge in [-0.15, -0.1) is 0 Å². The van der Waals surface area contributed by atoms with Gasteiger partial charge in [0.1, 0.15) is 13.2 Å². The number of likely N-dealkylation sites (N-methyl/N-ethyl adjacent to an activating group) is 1. The molecule has 412 valence electrons. The van der Waals surface area contributed by atoms with Gasteiger partial charge in [-0.2, -0.15) is 0 Å². The molecule has 0 aliphatic rings. The number of carbonyl (C=O) groups is 1. The van der Waals surface area contributed by atoms with E-state index < -0.39 is 20.0 Å². The second-order valence-corrected chi connectivity index (χ2v) is 23.2. The first-order valence-electron chi connectivity index (χ1n) is 30.0. The van der Waals surface area contributed by atoms with Gasteiger partial charge in [0.25, 0.3) is 0 Å². The molecule has 70 heavy (non-hydrogen) atoms. The molecular weight excluding hydrogens is 888 g/mol. The highest BCUT2D eigenvalue weighted by molar-refractivity contribution is 7.47. The van der Waals surface area contributed by atoms with E-state index in [1.54, 1.807) is 6.08 Å². The first-order chi connectivity index (χ1) is 34.0. The lowest BCUT2D eigenvalue weighted by Gasteiger charge is -2.25. The minimum Gasteiger partial charge on any atom is -0.387 e. The number of carbonyl (C=O) groups excluding carboxylic acids is 1. The van der Waals surface area contributed by atoms with Gasteiger partial charge in [-0.3, -0.25) is 13.8 Å². The van der Waals surface area contributed by atoms with E-state index in [0.29, 0.717) is 17.4 Å². The van der Waals surface area contributed by atoms with Gasteiger partial charge in [0.15, 0.2) is 0 Å². The summed E-state index contributed by atoms with van der Waals surface area (Å²) in [7, 11) is 1.55. The molecule has 0 aromatic heterocycles. The number of aliphatic hydroxyl groups excluding tert-OH is 1. The van der Waals surface area contributed by atoms with Crippen molar-refractivity contribution in [2.24, 2.45) is 0 Å². The van der Waals surface area contributed by atoms with Crippen molar-refractivity contribution in [1.82, 2.24) is 5.32 Å². The summed E-state index contributed by atoms with van der Waals surface area (Å²) in [5.41, 5.74) is 0. The van der Waals surface area contributed by atoms with Crippen LogP contribution in [0.4, 0.5) is 0 Å². The Labute approximate surface area is 435 Å². The van der Waals surface area contributed by atoms with Gasteiger partial charge in [-0.1, -0.05) is 255 Å². The maximum absolute atomic E-state index is 13.0. The lowest BCUT2D eigenvalue weighted by atomic mass is 10.0. The topological polar surface area (TPSA) is 105 Å². The van der Waals surface area contributed by atoms with Crippen LogP contribution < -0.4 is 5.32 Å². The predicted molar refractivity (Wildman–Crippen MR) is 304 cm³/mol. The fraction of sp³-hybridized carbons (Fsp3) is 0.852. The van der Waals surface area contributed by atoms with Crippen molar-refractivity contribution < 1.29 is 32.9 Å². The molecule has 0 aromatic carbocycles. The number of nitrogens with zero attached hydrogens (tertiary/aromatic N) is 1. The smallest absolute Gasteiger partial charge is 0.387 e. The van der Waals surface area contributed by atoms with Gasteiger partial charge in [0, 0.05) is 6.42 Å². The van der Waals surface area contributed by atoms with E-state index in [9.17, 15) is 19.4 Å². The molecule has 0 aliphatic carbocycles. The number of aliphatic hydroxyl groups is 1. The summed E-state index contributed by atoms with van der Waals surface area (Å²) < 4.78 is 23.7. The van der Waals surface area contributed by atoms with Crippen LogP contribution in [0.5, 0.6) is 0 Å². The van der Waals surface area contributed by atoms with Crippen molar-refractivity contribution in [3.63, 3.8) is 0 Å². The highest BCUT2D eigenvalue weighted by Gasteiger charge is 2.27. The lowest BCUT2D eigenvalue weighted by molar-refractivity contribution is -0.870. The molecule has 3 unspecified atom stereocenters. The van der Waals surface area contributed by atoms with Crippen LogP contribution in [0, 0.1) is 0 Å². The Kier molecular flexibility index (Phi) is 51.2. The fourth-order valence-electron chi connectivity index (χ4n) is 8.78. The molecule has 3 N–H and O–H groups in total. The third kappa shape index (κ3) is 54.2. The minimum atomic E-state index is -4.36. The van der Waals surface area contributed by atoms with Crippen molar-refractivity contribution >= 4 is 13.7 Å². The van der Waals surface area contributed by atoms with Crippen LogP contribution in [0.2, 0.25) is 0 Å². The second-order valence-electron chi connectivity index (χ2n) is 21.7. The van der Waals surface area contributed by atoms with Gasteiger partial charge in [-0.25, -0.2) is 4.57 Å². The van der Waals surface area contributed by atoms with E-state index in [1.165, 1.54) is 218 Å². The Morgan fingerprint density at radius 2 is 0.786 bits per heavy atom. The van der Waals surface area contributed by atoms with Crippen LogP contribution in [-0.4, -0.2) is 73.4 Å². The molecule has 9 heteroatoms. The molecule has 0 fully saturated rings. The standard InChI is InChI=1S/C61H117N2O6P/c1-6-8-10-12-14-16-18-20-22-24-26-28-30-31-33-34-36-38-40-42-44-46-48-50-52-54-60(64)59(58-69-70(66,67)68-57-56-63(3,4)5)62-61(65)55-53-51-49-47-45-43-41-39-37-35-32-29-27-25-23-21-19-17-15-13-11-9-7-2/h25,27,36,38,44,46,52,54,59-60,64H,6-24,26,28-35,37,39-43,45,47-51,53,55-58H2,1-5H3,(H-,62,65,66,67)/p+1/b27-25-,38-36+,46-44+,54-52+. The maximum Gasteiger partial charge on any atom is 0.472 e. The summed E-state index contributed by atoms with van der Waals surface area (Å²) in [6, 6.07) is -0.871. The summed E-state index contributed by atoms with van der Waals surface area (Å²) in [4.78, 5) is 23.3. The van der Waals surface area contributed by atoms with Crippen molar-refractivity contribution in [3.05, 3.63) is 48.6 Å². The summed E-state index contributed by atoms with van der Waals surface area (Å²) >= 11 is 0. The Balaban J connectivity index is 4.26. The number of amides is 1. The number of hydrogen-bond donors (Lipinski definition) is 3.